The highest BCUT2D eigenvalue weighted by Gasteiger charge is 2.07. The fourth-order valence-corrected chi connectivity index (χ4v) is 3.28. The van der Waals surface area contributed by atoms with Crippen molar-refractivity contribution in [1.82, 2.24) is 4.90 Å². The van der Waals surface area contributed by atoms with Crippen LogP contribution in [0.4, 0.5) is 0 Å². The fraction of sp³-hybridized carbons (Fsp3) is 0.304. The summed E-state index contributed by atoms with van der Waals surface area (Å²) in [5.74, 6) is 0.646. The molecule has 0 aliphatic carbocycles. The van der Waals surface area contributed by atoms with Gasteiger partial charge in [-0.05, 0) is 46.8 Å². The van der Waals surface area contributed by atoms with Gasteiger partial charge in [0, 0.05) is 13.1 Å². The number of nitrogens with zero attached hydrogens (tertiary/aromatic N) is 1. The van der Waals surface area contributed by atoms with E-state index >= 15 is 0 Å². The van der Waals surface area contributed by atoms with Crippen LogP contribution in [0.25, 0.3) is 10.8 Å². The van der Waals surface area contributed by atoms with Crippen LogP contribution in [-0.4, -0.2) is 11.9 Å². The van der Waals surface area contributed by atoms with Gasteiger partial charge in [0.1, 0.15) is 0 Å². The van der Waals surface area contributed by atoms with Gasteiger partial charge in [0.15, 0.2) is 0 Å². The second kappa shape index (κ2) is 7.63. The lowest BCUT2D eigenvalue weighted by Gasteiger charge is -2.19. The van der Waals surface area contributed by atoms with E-state index in [1.807, 2.05) is 0 Å². The van der Waals surface area contributed by atoms with Gasteiger partial charge in [-0.25, -0.2) is 0 Å². The Labute approximate surface area is 145 Å². The van der Waals surface area contributed by atoms with Crippen LogP contribution in [0, 0.1) is 0 Å². The summed E-state index contributed by atoms with van der Waals surface area (Å²) in [5.41, 5.74) is 4.22. The first-order valence-electron chi connectivity index (χ1n) is 8.91. The molecule has 0 amide bonds. The Balaban J connectivity index is 1.70. The van der Waals surface area contributed by atoms with E-state index in [4.69, 9.17) is 0 Å². The van der Waals surface area contributed by atoms with E-state index in [0.29, 0.717) is 5.92 Å². The molecule has 1 unspecified atom stereocenters. The number of hydrogen-bond donors (Lipinski definition) is 0. The summed E-state index contributed by atoms with van der Waals surface area (Å²) in [7, 11) is 2.20. The van der Waals surface area contributed by atoms with Gasteiger partial charge in [-0.15, -0.1) is 0 Å². The van der Waals surface area contributed by atoms with Crippen molar-refractivity contribution in [3.63, 3.8) is 0 Å². The van der Waals surface area contributed by atoms with Crippen LogP contribution in [0.15, 0.2) is 66.7 Å². The van der Waals surface area contributed by atoms with E-state index in [1.54, 1.807) is 0 Å². The molecule has 3 aromatic rings. The highest BCUT2D eigenvalue weighted by Crippen LogP contribution is 2.21. The van der Waals surface area contributed by atoms with Gasteiger partial charge in [-0.3, -0.25) is 4.90 Å². The monoisotopic (exact) mass is 317 g/mol. The summed E-state index contributed by atoms with van der Waals surface area (Å²) in [5, 5.41) is 2.68. The largest absolute Gasteiger partial charge is 0.298 e. The smallest absolute Gasteiger partial charge is 0.0240 e. The molecule has 0 N–H and O–H groups in total. The maximum Gasteiger partial charge on any atom is 0.0240 e. The highest BCUT2D eigenvalue weighted by molar-refractivity contribution is 5.85. The molecule has 0 radical (unpaired) electrons. The van der Waals surface area contributed by atoms with Crippen LogP contribution >= 0.6 is 0 Å². The molecule has 1 atom stereocenters. The normalized spacial score (nSPS) is 12.7. The van der Waals surface area contributed by atoms with Crippen LogP contribution in [0.1, 0.15) is 42.9 Å². The third-order valence-electron chi connectivity index (χ3n) is 4.93. The third-order valence-corrected chi connectivity index (χ3v) is 4.93. The van der Waals surface area contributed by atoms with E-state index in [2.05, 4.69) is 92.5 Å². The number of hydrogen-bond acceptors (Lipinski definition) is 1. The molecular formula is C23H27N. The Morgan fingerprint density at radius 1 is 0.833 bits per heavy atom. The second-order valence-corrected chi connectivity index (χ2v) is 6.86. The lowest BCUT2D eigenvalue weighted by molar-refractivity contribution is 0.320. The lowest BCUT2D eigenvalue weighted by Crippen LogP contribution is -2.17. The van der Waals surface area contributed by atoms with Crippen LogP contribution in [-0.2, 0) is 13.1 Å². The predicted molar refractivity (Wildman–Crippen MR) is 104 cm³/mol. The van der Waals surface area contributed by atoms with E-state index in [1.165, 1.54) is 33.9 Å². The molecule has 1 heteroatoms. The highest BCUT2D eigenvalue weighted by atomic mass is 15.1. The predicted octanol–water partition coefficient (Wildman–Crippen LogP) is 5.99. The minimum absolute atomic E-state index is 0.646. The molecule has 0 fully saturated rings. The van der Waals surface area contributed by atoms with Gasteiger partial charge in [0.25, 0.3) is 0 Å². The number of fused-ring (bicyclic) bond motifs is 1. The van der Waals surface area contributed by atoms with Crippen molar-refractivity contribution < 1.29 is 0 Å². The Morgan fingerprint density at radius 3 is 2.29 bits per heavy atom. The van der Waals surface area contributed by atoms with Gasteiger partial charge >= 0.3 is 0 Å². The summed E-state index contributed by atoms with van der Waals surface area (Å²) in [4.78, 5) is 2.39. The van der Waals surface area contributed by atoms with Crippen LogP contribution < -0.4 is 0 Å². The molecule has 1 nitrogen and oxygen atoms in total. The minimum Gasteiger partial charge on any atom is -0.298 e. The van der Waals surface area contributed by atoms with Crippen molar-refractivity contribution in [3.05, 3.63) is 83.4 Å². The Kier molecular flexibility index (Phi) is 5.32. The molecule has 24 heavy (non-hydrogen) atoms. The third kappa shape index (κ3) is 3.85. The van der Waals surface area contributed by atoms with Gasteiger partial charge in [0.05, 0.1) is 0 Å². The molecular weight excluding hydrogens is 290 g/mol. The molecule has 0 spiro atoms. The summed E-state index contributed by atoms with van der Waals surface area (Å²) in [6.07, 6.45) is 1.19. The summed E-state index contributed by atoms with van der Waals surface area (Å²) >= 11 is 0. The molecule has 0 aromatic heterocycles. The van der Waals surface area contributed by atoms with Crippen molar-refractivity contribution in [3.8, 4) is 0 Å². The Hall–Kier alpha value is -2.12. The van der Waals surface area contributed by atoms with E-state index < -0.39 is 0 Å². The number of rotatable bonds is 6. The summed E-state index contributed by atoms with van der Waals surface area (Å²) < 4.78 is 0. The SMILES string of the molecule is CCC(C)c1ccc(CN(C)Cc2cccc3ccccc23)cc1. The maximum atomic E-state index is 2.39. The number of benzene rings is 3. The van der Waals surface area contributed by atoms with Crippen molar-refractivity contribution >= 4 is 10.8 Å². The van der Waals surface area contributed by atoms with Crippen molar-refractivity contribution in [2.45, 2.75) is 39.3 Å². The average Bonchev–Trinajstić information content (AvgIpc) is 2.62. The van der Waals surface area contributed by atoms with E-state index in [0.717, 1.165) is 13.1 Å². The fourth-order valence-electron chi connectivity index (χ4n) is 3.28. The minimum atomic E-state index is 0.646. The zero-order chi connectivity index (χ0) is 16.9. The molecule has 3 aromatic carbocycles. The molecule has 0 aliphatic rings. The van der Waals surface area contributed by atoms with Crippen molar-refractivity contribution in [1.29, 1.82) is 0 Å². The zero-order valence-electron chi connectivity index (χ0n) is 15.0. The first-order valence-corrected chi connectivity index (χ1v) is 8.91. The topological polar surface area (TPSA) is 3.24 Å². The zero-order valence-corrected chi connectivity index (χ0v) is 15.0. The quantitative estimate of drug-likeness (QED) is 0.540. The summed E-state index contributed by atoms with van der Waals surface area (Å²) in [6, 6.07) is 24.4. The molecule has 0 heterocycles. The molecule has 0 saturated heterocycles. The molecule has 0 saturated carbocycles. The van der Waals surface area contributed by atoms with Gasteiger partial charge in [0.2, 0.25) is 0 Å². The van der Waals surface area contributed by atoms with Gasteiger partial charge < -0.3 is 0 Å². The Morgan fingerprint density at radius 2 is 1.54 bits per heavy atom. The molecule has 124 valence electrons. The first-order chi connectivity index (χ1) is 11.7. The van der Waals surface area contributed by atoms with Crippen molar-refractivity contribution in [2.75, 3.05) is 7.05 Å². The lowest BCUT2D eigenvalue weighted by atomic mass is 9.97. The second-order valence-electron chi connectivity index (χ2n) is 6.86. The molecule has 0 bridgehead atoms. The van der Waals surface area contributed by atoms with E-state index in [-0.39, 0.29) is 0 Å². The first kappa shape index (κ1) is 16.7. The standard InChI is InChI=1S/C23H27N/c1-4-18(2)20-14-12-19(13-15-20)16-24(3)17-22-10-7-9-21-8-5-6-11-23(21)22/h5-15,18H,4,16-17H2,1-3H3. The summed E-state index contributed by atoms with van der Waals surface area (Å²) in [6.45, 7) is 6.48. The molecule has 3 rings (SSSR count). The van der Waals surface area contributed by atoms with Crippen LogP contribution in [0.3, 0.4) is 0 Å². The van der Waals surface area contributed by atoms with Crippen LogP contribution in [0.5, 0.6) is 0 Å². The van der Waals surface area contributed by atoms with Gasteiger partial charge in [-0.2, -0.15) is 0 Å². The van der Waals surface area contributed by atoms with Crippen LogP contribution in [0.2, 0.25) is 0 Å². The van der Waals surface area contributed by atoms with Gasteiger partial charge in [-0.1, -0.05) is 80.6 Å². The van der Waals surface area contributed by atoms with Crippen molar-refractivity contribution in [2.24, 2.45) is 0 Å². The maximum absolute atomic E-state index is 2.39. The van der Waals surface area contributed by atoms with E-state index in [9.17, 15) is 0 Å². The molecule has 0 aliphatic heterocycles. The Bertz CT molecular complexity index is 783. The average molecular weight is 317 g/mol.